The zero-order valence-corrected chi connectivity index (χ0v) is 13.0. The van der Waals surface area contributed by atoms with Gasteiger partial charge >= 0.3 is 0 Å². The number of hydrogen-bond acceptors (Lipinski definition) is 3. The first-order chi connectivity index (χ1) is 8.78. The van der Waals surface area contributed by atoms with E-state index in [4.69, 9.17) is 4.74 Å². The Kier molecular flexibility index (Phi) is 3.52. The molecule has 3 heteroatoms. The first-order valence-corrected chi connectivity index (χ1v) is 6.94. The summed E-state index contributed by atoms with van der Waals surface area (Å²) in [5.74, 6) is 0.952. The molecule has 3 nitrogen and oxygen atoms in total. The van der Waals surface area contributed by atoms with Crippen molar-refractivity contribution in [2.75, 3.05) is 25.1 Å². The van der Waals surface area contributed by atoms with Gasteiger partial charge in [-0.25, -0.2) is 0 Å². The van der Waals surface area contributed by atoms with Gasteiger partial charge in [0.05, 0.1) is 12.8 Å². The quantitative estimate of drug-likeness (QED) is 0.887. The zero-order chi connectivity index (χ0) is 14.3. The summed E-state index contributed by atoms with van der Waals surface area (Å²) in [6, 6.07) is 6.40. The van der Waals surface area contributed by atoms with Crippen molar-refractivity contribution in [2.24, 2.45) is 0 Å². The van der Waals surface area contributed by atoms with Crippen molar-refractivity contribution in [3.63, 3.8) is 0 Å². The van der Waals surface area contributed by atoms with E-state index in [2.05, 4.69) is 63.0 Å². The van der Waals surface area contributed by atoms with Crippen molar-refractivity contribution in [2.45, 2.75) is 45.7 Å². The highest BCUT2D eigenvalue weighted by molar-refractivity contribution is 5.63. The molecule has 0 aliphatic carbocycles. The lowest BCUT2D eigenvalue weighted by atomic mass is 9.87. The highest BCUT2D eigenvalue weighted by Crippen LogP contribution is 2.40. The summed E-state index contributed by atoms with van der Waals surface area (Å²) in [7, 11) is 1.75. The fraction of sp³-hybridized carbons (Fsp3) is 0.625. The monoisotopic (exact) mass is 262 g/mol. The third-order valence-electron chi connectivity index (χ3n) is 3.90. The molecule has 0 spiro atoms. The van der Waals surface area contributed by atoms with Gasteiger partial charge < -0.3 is 15.0 Å². The van der Waals surface area contributed by atoms with E-state index in [1.165, 1.54) is 11.3 Å². The summed E-state index contributed by atoms with van der Waals surface area (Å²) in [6.07, 6.45) is 0. The molecule has 1 fully saturated rings. The van der Waals surface area contributed by atoms with Crippen LogP contribution < -0.4 is 15.0 Å². The van der Waals surface area contributed by atoms with Gasteiger partial charge in [0.1, 0.15) is 5.75 Å². The van der Waals surface area contributed by atoms with Crippen molar-refractivity contribution >= 4 is 5.69 Å². The number of aryl methyl sites for hydroxylation is 1. The molecule has 1 aromatic carbocycles. The van der Waals surface area contributed by atoms with E-state index < -0.39 is 0 Å². The van der Waals surface area contributed by atoms with Crippen molar-refractivity contribution in [3.8, 4) is 5.75 Å². The van der Waals surface area contributed by atoms with Crippen LogP contribution in [0.2, 0.25) is 0 Å². The molecule has 1 aromatic rings. The SMILES string of the molecule is COc1ccc(C)cc1N1C(C)(C)CNCC1(C)C. The van der Waals surface area contributed by atoms with Crippen molar-refractivity contribution < 1.29 is 4.74 Å². The Morgan fingerprint density at radius 3 is 2.21 bits per heavy atom. The lowest BCUT2D eigenvalue weighted by molar-refractivity contribution is 0.259. The number of anilines is 1. The summed E-state index contributed by atoms with van der Waals surface area (Å²) in [4.78, 5) is 2.50. The van der Waals surface area contributed by atoms with Gasteiger partial charge in [-0.05, 0) is 52.3 Å². The lowest BCUT2D eigenvalue weighted by Crippen LogP contribution is -2.68. The number of benzene rings is 1. The molecule has 0 unspecified atom stereocenters. The average Bonchev–Trinajstić information content (AvgIpc) is 2.26. The first-order valence-electron chi connectivity index (χ1n) is 6.94. The number of piperazine rings is 1. The van der Waals surface area contributed by atoms with Gasteiger partial charge in [0.15, 0.2) is 0 Å². The van der Waals surface area contributed by atoms with Gasteiger partial charge in [0.2, 0.25) is 0 Å². The molecule has 0 amide bonds. The molecule has 0 bridgehead atoms. The highest BCUT2D eigenvalue weighted by Gasteiger charge is 2.42. The predicted molar refractivity (Wildman–Crippen MR) is 81.2 cm³/mol. The normalized spacial score (nSPS) is 21.3. The van der Waals surface area contributed by atoms with Crippen LogP contribution in [0, 0.1) is 6.92 Å². The Morgan fingerprint density at radius 2 is 1.68 bits per heavy atom. The molecule has 1 N–H and O–H groups in total. The van der Waals surface area contributed by atoms with Crippen LogP contribution in [-0.4, -0.2) is 31.3 Å². The molecule has 1 heterocycles. The smallest absolute Gasteiger partial charge is 0.142 e. The molecule has 0 aromatic heterocycles. The lowest BCUT2D eigenvalue weighted by Gasteiger charge is -2.54. The number of nitrogens with zero attached hydrogens (tertiary/aromatic N) is 1. The second-order valence-electron chi connectivity index (χ2n) is 6.74. The zero-order valence-electron chi connectivity index (χ0n) is 13.0. The first kappa shape index (κ1) is 14.2. The molecule has 0 atom stereocenters. The molecule has 2 rings (SSSR count). The number of nitrogens with one attached hydrogen (secondary N) is 1. The van der Waals surface area contributed by atoms with Crippen LogP contribution >= 0.6 is 0 Å². The Bertz CT molecular complexity index is 450. The minimum absolute atomic E-state index is 0.0584. The number of hydrogen-bond donors (Lipinski definition) is 1. The molecule has 1 saturated heterocycles. The minimum atomic E-state index is 0.0584. The summed E-state index contributed by atoms with van der Waals surface area (Å²) in [6.45, 7) is 13.2. The second kappa shape index (κ2) is 4.71. The van der Waals surface area contributed by atoms with E-state index in [0.717, 1.165) is 18.8 Å². The molecular formula is C16H26N2O. The summed E-state index contributed by atoms with van der Waals surface area (Å²) in [5, 5.41) is 3.53. The van der Waals surface area contributed by atoms with Gasteiger partial charge in [-0.1, -0.05) is 6.07 Å². The van der Waals surface area contributed by atoms with E-state index in [1.807, 2.05) is 0 Å². The third kappa shape index (κ3) is 2.57. The molecule has 1 aliphatic rings. The van der Waals surface area contributed by atoms with E-state index in [-0.39, 0.29) is 11.1 Å². The molecular weight excluding hydrogens is 236 g/mol. The number of methoxy groups -OCH3 is 1. The molecule has 19 heavy (non-hydrogen) atoms. The minimum Gasteiger partial charge on any atom is -0.495 e. The number of rotatable bonds is 2. The van der Waals surface area contributed by atoms with E-state index in [1.54, 1.807) is 7.11 Å². The van der Waals surface area contributed by atoms with E-state index in [0.29, 0.717) is 0 Å². The van der Waals surface area contributed by atoms with Gasteiger partial charge in [-0.2, -0.15) is 0 Å². The summed E-state index contributed by atoms with van der Waals surface area (Å²) >= 11 is 0. The highest BCUT2D eigenvalue weighted by atomic mass is 16.5. The predicted octanol–water partition coefficient (Wildman–Crippen LogP) is 2.97. The van der Waals surface area contributed by atoms with E-state index >= 15 is 0 Å². The van der Waals surface area contributed by atoms with Gasteiger partial charge in [0.25, 0.3) is 0 Å². The van der Waals surface area contributed by atoms with Gasteiger partial charge in [-0.15, -0.1) is 0 Å². The number of ether oxygens (including phenoxy) is 1. The standard InChI is InChI=1S/C16H26N2O/c1-12-7-8-14(19-6)13(9-12)18-15(2,3)10-17-11-16(18,4)5/h7-9,17H,10-11H2,1-6H3. The largest absolute Gasteiger partial charge is 0.495 e. The van der Waals surface area contributed by atoms with Crippen LogP contribution in [0.4, 0.5) is 5.69 Å². The summed E-state index contributed by atoms with van der Waals surface area (Å²) in [5.41, 5.74) is 2.57. The van der Waals surface area contributed by atoms with Crippen LogP contribution in [0.15, 0.2) is 18.2 Å². The Labute approximate surface area is 116 Å². The Morgan fingerprint density at radius 1 is 1.11 bits per heavy atom. The van der Waals surface area contributed by atoms with Crippen LogP contribution in [-0.2, 0) is 0 Å². The fourth-order valence-electron chi connectivity index (χ4n) is 3.28. The van der Waals surface area contributed by atoms with Crippen molar-refractivity contribution in [1.82, 2.24) is 5.32 Å². The third-order valence-corrected chi connectivity index (χ3v) is 3.90. The fourth-order valence-corrected chi connectivity index (χ4v) is 3.28. The maximum absolute atomic E-state index is 5.58. The molecule has 1 aliphatic heterocycles. The Hall–Kier alpha value is -1.22. The van der Waals surface area contributed by atoms with Crippen LogP contribution in [0.5, 0.6) is 5.75 Å². The van der Waals surface area contributed by atoms with Crippen molar-refractivity contribution in [1.29, 1.82) is 0 Å². The maximum atomic E-state index is 5.58. The molecule has 0 radical (unpaired) electrons. The maximum Gasteiger partial charge on any atom is 0.142 e. The van der Waals surface area contributed by atoms with Crippen LogP contribution in [0.1, 0.15) is 33.3 Å². The van der Waals surface area contributed by atoms with Gasteiger partial charge in [-0.3, -0.25) is 0 Å². The average molecular weight is 262 g/mol. The Balaban J connectivity index is 2.56. The second-order valence-corrected chi connectivity index (χ2v) is 6.74. The van der Waals surface area contributed by atoms with Crippen molar-refractivity contribution in [3.05, 3.63) is 23.8 Å². The molecule has 106 valence electrons. The summed E-state index contributed by atoms with van der Waals surface area (Å²) < 4.78 is 5.58. The topological polar surface area (TPSA) is 24.5 Å². The van der Waals surface area contributed by atoms with Crippen LogP contribution in [0.25, 0.3) is 0 Å². The van der Waals surface area contributed by atoms with Gasteiger partial charge in [0, 0.05) is 24.2 Å². The molecule has 0 saturated carbocycles. The van der Waals surface area contributed by atoms with Crippen LogP contribution in [0.3, 0.4) is 0 Å². The van der Waals surface area contributed by atoms with E-state index in [9.17, 15) is 0 Å².